The molecule has 6 heteroatoms. The number of thiocarbonyl (C=S) groups is 1. The van der Waals surface area contributed by atoms with E-state index in [9.17, 15) is 8.42 Å². The highest BCUT2D eigenvalue weighted by molar-refractivity contribution is 7.89. The van der Waals surface area contributed by atoms with Crippen LogP contribution in [0.3, 0.4) is 0 Å². The first-order valence-corrected chi connectivity index (χ1v) is 6.96. The first-order chi connectivity index (χ1) is 6.66. The van der Waals surface area contributed by atoms with Crippen LogP contribution in [0.2, 0.25) is 0 Å². The second kappa shape index (κ2) is 5.77. The topological polar surface area (TPSA) is 63.4 Å². The van der Waals surface area contributed by atoms with Gasteiger partial charge in [0, 0.05) is 6.04 Å². The van der Waals surface area contributed by atoms with E-state index < -0.39 is 10.0 Å². The van der Waals surface area contributed by atoms with E-state index in [1.165, 1.54) is 4.31 Å². The fourth-order valence-electron chi connectivity index (χ4n) is 1.27. The third kappa shape index (κ3) is 5.44. The van der Waals surface area contributed by atoms with Crippen LogP contribution in [0.15, 0.2) is 0 Å². The number of sulfonamides is 1. The first-order valence-electron chi connectivity index (χ1n) is 4.94. The molecule has 0 saturated heterocycles. The third-order valence-corrected chi connectivity index (χ3v) is 4.27. The van der Waals surface area contributed by atoms with Crippen LogP contribution in [0.1, 0.15) is 27.7 Å². The molecule has 0 saturated carbocycles. The molecule has 0 bridgehead atoms. The Balaban J connectivity index is 4.83. The summed E-state index contributed by atoms with van der Waals surface area (Å²) in [6.07, 6.45) is 0. The molecule has 4 nitrogen and oxygen atoms in total. The summed E-state index contributed by atoms with van der Waals surface area (Å²) < 4.78 is 25.2. The van der Waals surface area contributed by atoms with Crippen molar-refractivity contribution in [2.75, 3.05) is 12.3 Å². The first kappa shape index (κ1) is 14.8. The van der Waals surface area contributed by atoms with Gasteiger partial charge in [0.2, 0.25) is 10.0 Å². The minimum atomic E-state index is -3.25. The number of hydrogen-bond acceptors (Lipinski definition) is 3. The summed E-state index contributed by atoms with van der Waals surface area (Å²) >= 11 is 4.75. The van der Waals surface area contributed by atoms with Crippen LogP contribution < -0.4 is 5.73 Å². The summed E-state index contributed by atoms with van der Waals surface area (Å²) in [5.41, 5.74) is 5.38. The number of nitrogens with zero attached hydrogens (tertiary/aromatic N) is 1. The smallest absolute Gasteiger partial charge is 0.214 e. The van der Waals surface area contributed by atoms with E-state index in [2.05, 4.69) is 0 Å². The maximum Gasteiger partial charge on any atom is 0.214 e. The Morgan fingerprint density at radius 3 is 2.07 bits per heavy atom. The van der Waals surface area contributed by atoms with E-state index in [0.717, 1.165) is 0 Å². The summed E-state index contributed by atoms with van der Waals surface area (Å²) in [4.78, 5) is 0.205. The largest absolute Gasteiger partial charge is 0.392 e. The van der Waals surface area contributed by atoms with Gasteiger partial charge in [-0.05, 0) is 19.8 Å². The van der Waals surface area contributed by atoms with Gasteiger partial charge in [-0.3, -0.25) is 0 Å². The SMILES string of the molecule is CC(C)CS(=O)(=O)N(CC(N)=S)C(C)C. The Labute approximate surface area is 97.9 Å². The Morgan fingerprint density at radius 2 is 1.80 bits per heavy atom. The van der Waals surface area contributed by atoms with Gasteiger partial charge in [-0.15, -0.1) is 0 Å². The molecule has 0 aromatic rings. The minimum Gasteiger partial charge on any atom is -0.392 e. The molecule has 2 N–H and O–H groups in total. The Bertz CT molecular complexity index is 310. The van der Waals surface area contributed by atoms with E-state index in [1.807, 2.05) is 27.7 Å². The average Bonchev–Trinajstić information content (AvgIpc) is 1.96. The van der Waals surface area contributed by atoms with Crippen LogP contribution in [-0.4, -0.2) is 36.1 Å². The number of rotatable bonds is 6. The maximum absolute atomic E-state index is 11.9. The molecular weight excluding hydrogens is 232 g/mol. The summed E-state index contributed by atoms with van der Waals surface area (Å²) in [6, 6.07) is -0.116. The van der Waals surface area contributed by atoms with Crippen LogP contribution in [-0.2, 0) is 10.0 Å². The molecule has 0 aliphatic rings. The molecule has 0 unspecified atom stereocenters. The molecular formula is C9H20N2O2S2. The predicted octanol–water partition coefficient (Wildman–Crippen LogP) is 0.969. The summed E-state index contributed by atoms with van der Waals surface area (Å²) in [5.74, 6) is 0.232. The molecule has 15 heavy (non-hydrogen) atoms. The van der Waals surface area contributed by atoms with Crippen molar-refractivity contribution in [3.05, 3.63) is 0 Å². The monoisotopic (exact) mass is 252 g/mol. The quantitative estimate of drug-likeness (QED) is 0.715. The highest BCUT2D eigenvalue weighted by Crippen LogP contribution is 2.10. The molecule has 0 amide bonds. The van der Waals surface area contributed by atoms with E-state index in [1.54, 1.807) is 0 Å². The van der Waals surface area contributed by atoms with E-state index in [4.69, 9.17) is 18.0 Å². The van der Waals surface area contributed by atoms with Crippen molar-refractivity contribution < 1.29 is 8.42 Å². The van der Waals surface area contributed by atoms with Crippen LogP contribution >= 0.6 is 12.2 Å². The molecule has 0 heterocycles. The van der Waals surface area contributed by atoms with Gasteiger partial charge in [0.1, 0.15) is 0 Å². The van der Waals surface area contributed by atoms with Gasteiger partial charge < -0.3 is 5.73 Å². The number of hydrogen-bond donors (Lipinski definition) is 1. The highest BCUT2D eigenvalue weighted by Gasteiger charge is 2.26. The normalized spacial score (nSPS) is 12.7. The van der Waals surface area contributed by atoms with Crippen molar-refractivity contribution in [1.29, 1.82) is 0 Å². The van der Waals surface area contributed by atoms with E-state index >= 15 is 0 Å². The number of nitrogens with two attached hydrogens (primary N) is 1. The van der Waals surface area contributed by atoms with Crippen molar-refractivity contribution in [2.24, 2.45) is 11.7 Å². The Hall–Kier alpha value is -0.200. The second-order valence-electron chi connectivity index (χ2n) is 4.28. The van der Waals surface area contributed by atoms with E-state index in [-0.39, 0.29) is 29.2 Å². The van der Waals surface area contributed by atoms with Crippen LogP contribution in [0.25, 0.3) is 0 Å². The highest BCUT2D eigenvalue weighted by atomic mass is 32.2. The molecule has 0 atom stereocenters. The molecule has 0 aliphatic heterocycles. The summed E-state index contributed by atoms with van der Waals surface area (Å²) in [5, 5.41) is 0. The van der Waals surface area contributed by atoms with Gasteiger partial charge in [0.25, 0.3) is 0 Å². The lowest BCUT2D eigenvalue weighted by atomic mass is 10.3. The molecule has 0 aromatic heterocycles. The second-order valence-corrected chi connectivity index (χ2v) is 6.77. The molecule has 0 spiro atoms. The van der Waals surface area contributed by atoms with Crippen molar-refractivity contribution in [1.82, 2.24) is 4.31 Å². The van der Waals surface area contributed by atoms with Gasteiger partial charge in [0.15, 0.2) is 0 Å². The molecule has 90 valence electrons. The van der Waals surface area contributed by atoms with Gasteiger partial charge in [-0.25, -0.2) is 8.42 Å². The lowest BCUT2D eigenvalue weighted by Crippen LogP contribution is -2.43. The minimum absolute atomic E-state index is 0.0996. The predicted molar refractivity (Wildman–Crippen MR) is 67.3 cm³/mol. The van der Waals surface area contributed by atoms with Gasteiger partial charge in [0.05, 0.1) is 17.3 Å². The molecule has 0 rings (SSSR count). The van der Waals surface area contributed by atoms with Crippen molar-refractivity contribution in [3.63, 3.8) is 0 Å². The third-order valence-electron chi connectivity index (χ3n) is 1.79. The van der Waals surface area contributed by atoms with Crippen LogP contribution in [0, 0.1) is 5.92 Å². The Kier molecular flexibility index (Phi) is 5.69. The fourth-order valence-corrected chi connectivity index (χ4v) is 3.51. The van der Waals surface area contributed by atoms with Crippen molar-refractivity contribution >= 4 is 27.2 Å². The van der Waals surface area contributed by atoms with Crippen LogP contribution in [0.4, 0.5) is 0 Å². The van der Waals surface area contributed by atoms with Gasteiger partial charge in [-0.1, -0.05) is 26.1 Å². The summed E-state index contributed by atoms with van der Waals surface area (Å²) in [7, 11) is -3.25. The zero-order valence-corrected chi connectivity index (χ0v) is 11.4. The van der Waals surface area contributed by atoms with Gasteiger partial charge in [-0.2, -0.15) is 4.31 Å². The summed E-state index contributed by atoms with van der Waals surface area (Å²) in [6.45, 7) is 7.50. The molecule has 0 fully saturated rings. The van der Waals surface area contributed by atoms with Crippen LogP contribution in [0.5, 0.6) is 0 Å². The van der Waals surface area contributed by atoms with Gasteiger partial charge >= 0.3 is 0 Å². The van der Waals surface area contributed by atoms with Crippen molar-refractivity contribution in [3.8, 4) is 0 Å². The molecule has 0 radical (unpaired) electrons. The zero-order chi connectivity index (χ0) is 12.2. The fraction of sp³-hybridized carbons (Fsp3) is 0.889. The molecule has 0 aliphatic carbocycles. The van der Waals surface area contributed by atoms with E-state index in [0.29, 0.717) is 0 Å². The lowest BCUT2D eigenvalue weighted by molar-refractivity contribution is 0.387. The van der Waals surface area contributed by atoms with Crippen molar-refractivity contribution in [2.45, 2.75) is 33.7 Å². The lowest BCUT2D eigenvalue weighted by Gasteiger charge is -2.26. The maximum atomic E-state index is 11.9. The Morgan fingerprint density at radius 1 is 1.33 bits per heavy atom. The standard InChI is InChI=1S/C9H20N2O2S2/c1-7(2)6-15(12,13)11(8(3)4)5-9(10)14/h7-8H,5-6H2,1-4H3,(H2,10,14). The average molecular weight is 252 g/mol. The molecule has 0 aromatic carbocycles. The zero-order valence-electron chi connectivity index (χ0n) is 9.73.